The van der Waals surface area contributed by atoms with E-state index < -0.39 is 0 Å². The first-order chi connectivity index (χ1) is 7.95. The second-order valence-corrected chi connectivity index (χ2v) is 5.35. The number of aryl methyl sites for hydroxylation is 1. The third kappa shape index (κ3) is 4.14. The van der Waals surface area contributed by atoms with E-state index in [2.05, 4.69) is 34.2 Å². The average molecular weight is 235 g/mol. The van der Waals surface area contributed by atoms with Gasteiger partial charge in [0.25, 0.3) is 0 Å². The Balaban J connectivity index is 1.58. The Kier molecular flexibility index (Phi) is 5.16. The summed E-state index contributed by atoms with van der Waals surface area (Å²) in [6.07, 6.45) is 6.78. The zero-order chi connectivity index (χ0) is 11.1. The van der Waals surface area contributed by atoms with E-state index in [1.165, 1.54) is 36.5 Å². The monoisotopic (exact) mass is 235 g/mol. The van der Waals surface area contributed by atoms with Gasteiger partial charge in [-0.05, 0) is 31.4 Å². The van der Waals surface area contributed by atoms with E-state index in [1.807, 2.05) is 12.3 Å². The molecule has 1 aromatic heterocycles. The number of nitrogens with zero attached hydrogens (tertiary/aromatic N) is 2. The van der Waals surface area contributed by atoms with Crippen LogP contribution in [0.4, 0.5) is 0 Å². The Labute approximate surface area is 102 Å². The predicted molar refractivity (Wildman–Crippen MR) is 69.9 cm³/mol. The van der Waals surface area contributed by atoms with Crippen molar-refractivity contribution in [2.75, 3.05) is 18.1 Å². The molecule has 0 bridgehead atoms. The fraction of sp³-hybridized carbons (Fsp3) is 0.615. The smallest absolute Gasteiger partial charge is 0.0403 e. The maximum absolute atomic E-state index is 4.64. The lowest BCUT2D eigenvalue weighted by atomic mass is 10.1. The largest absolute Gasteiger partial charge is 0.261 e. The van der Waals surface area contributed by atoms with Gasteiger partial charge >= 0.3 is 0 Å². The van der Waals surface area contributed by atoms with E-state index in [9.17, 15) is 0 Å². The summed E-state index contributed by atoms with van der Waals surface area (Å²) >= 11 is 2.05. The Morgan fingerprint density at radius 3 is 3.06 bits per heavy atom. The zero-order valence-electron chi connectivity index (χ0n) is 9.64. The van der Waals surface area contributed by atoms with Crippen molar-refractivity contribution in [1.82, 2.24) is 10.3 Å². The van der Waals surface area contributed by atoms with E-state index in [1.54, 1.807) is 0 Å². The number of aromatic nitrogens is 1. The van der Waals surface area contributed by atoms with Crippen LogP contribution in [-0.4, -0.2) is 29.1 Å². The van der Waals surface area contributed by atoms with Crippen LogP contribution in [0.3, 0.4) is 0 Å². The second-order valence-electron chi connectivity index (χ2n) is 4.20. The molecule has 2 nitrogen and oxygen atoms in total. The van der Waals surface area contributed by atoms with Crippen molar-refractivity contribution >= 4 is 11.8 Å². The van der Waals surface area contributed by atoms with Gasteiger partial charge in [0.15, 0.2) is 0 Å². The molecule has 0 N–H and O–H groups in total. The SMILES string of the molecule is c1ccc(CCCCC2CSCC[N]2)nc1. The summed E-state index contributed by atoms with van der Waals surface area (Å²) in [5.41, 5.74) is 1.22. The highest BCUT2D eigenvalue weighted by molar-refractivity contribution is 7.99. The molecule has 2 rings (SSSR count). The van der Waals surface area contributed by atoms with Gasteiger partial charge in [0.05, 0.1) is 0 Å². The normalized spacial score (nSPS) is 20.9. The Hall–Kier alpha value is -0.540. The van der Waals surface area contributed by atoms with E-state index in [0.717, 1.165) is 13.0 Å². The first-order valence-electron chi connectivity index (χ1n) is 6.09. The molecule has 87 valence electrons. The standard InChI is InChI=1S/C13H19N2S/c1(5-12-6-3-4-8-14-12)2-7-13-11-16-10-9-15-13/h3-4,6,8,13H,1-2,5,7,9-11H2. The molecule has 1 saturated heterocycles. The third-order valence-corrected chi connectivity index (χ3v) is 3.97. The first kappa shape index (κ1) is 11.9. The van der Waals surface area contributed by atoms with Crippen LogP contribution in [0.2, 0.25) is 0 Å². The molecule has 0 saturated carbocycles. The van der Waals surface area contributed by atoms with Crippen molar-refractivity contribution in [3.8, 4) is 0 Å². The fourth-order valence-corrected chi connectivity index (χ4v) is 2.92. The summed E-state index contributed by atoms with van der Waals surface area (Å²) in [6.45, 7) is 1.07. The van der Waals surface area contributed by atoms with E-state index in [0.29, 0.717) is 6.04 Å². The summed E-state index contributed by atoms with van der Waals surface area (Å²) < 4.78 is 0. The summed E-state index contributed by atoms with van der Waals surface area (Å²) in [7, 11) is 0. The molecule has 1 fully saturated rings. The molecule has 0 spiro atoms. The minimum atomic E-state index is 0.627. The molecule has 3 heteroatoms. The molecule has 1 aromatic rings. The molecular weight excluding hydrogens is 216 g/mol. The molecule has 0 aromatic carbocycles. The highest BCUT2D eigenvalue weighted by Crippen LogP contribution is 2.14. The minimum Gasteiger partial charge on any atom is -0.261 e. The van der Waals surface area contributed by atoms with Gasteiger partial charge in [-0.25, -0.2) is 5.32 Å². The average Bonchev–Trinajstić information content (AvgIpc) is 2.37. The highest BCUT2D eigenvalue weighted by Gasteiger charge is 2.13. The van der Waals surface area contributed by atoms with Gasteiger partial charge < -0.3 is 0 Å². The van der Waals surface area contributed by atoms with Crippen LogP contribution in [0.5, 0.6) is 0 Å². The number of unbranched alkanes of at least 4 members (excludes halogenated alkanes) is 1. The lowest BCUT2D eigenvalue weighted by molar-refractivity contribution is 0.492. The van der Waals surface area contributed by atoms with Crippen LogP contribution in [0.25, 0.3) is 0 Å². The van der Waals surface area contributed by atoms with Gasteiger partial charge in [0.1, 0.15) is 0 Å². The van der Waals surface area contributed by atoms with Crippen LogP contribution in [0.15, 0.2) is 24.4 Å². The van der Waals surface area contributed by atoms with E-state index in [4.69, 9.17) is 0 Å². The molecule has 1 aliphatic rings. The molecule has 16 heavy (non-hydrogen) atoms. The lowest BCUT2D eigenvalue weighted by Gasteiger charge is -2.20. The molecule has 1 radical (unpaired) electrons. The molecular formula is C13H19N2S. The van der Waals surface area contributed by atoms with Crippen molar-refractivity contribution in [3.05, 3.63) is 30.1 Å². The van der Waals surface area contributed by atoms with Crippen LogP contribution < -0.4 is 5.32 Å². The number of pyridine rings is 1. The number of thioether (sulfide) groups is 1. The van der Waals surface area contributed by atoms with Gasteiger partial charge in [-0.1, -0.05) is 12.5 Å². The van der Waals surface area contributed by atoms with Crippen LogP contribution >= 0.6 is 11.8 Å². The van der Waals surface area contributed by atoms with Crippen molar-refractivity contribution in [2.45, 2.75) is 31.7 Å². The summed E-state index contributed by atoms with van der Waals surface area (Å²) in [5.74, 6) is 2.47. The molecule has 1 unspecified atom stereocenters. The van der Waals surface area contributed by atoms with Crippen LogP contribution in [0, 0.1) is 0 Å². The van der Waals surface area contributed by atoms with Crippen molar-refractivity contribution in [2.24, 2.45) is 0 Å². The summed E-state index contributed by atoms with van der Waals surface area (Å²) in [5, 5.41) is 4.64. The molecule has 0 aliphatic carbocycles. The highest BCUT2D eigenvalue weighted by atomic mass is 32.2. The number of hydrogen-bond acceptors (Lipinski definition) is 2. The van der Waals surface area contributed by atoms with Crippen molar-refractivity contribution < 1.29 is 0 Å². The quantitative estimate of drug-likeness (QED) is 0.733. The number of hydrogen-bond donors (Lipinski definition) is 0. The van der Waals surface area contributed by atoms with Gasteiger partial charge in [-0.15, -0.1) is 0 Å². The molecule has 1 aliphatic heterocycles. The zero-order valence-corrected chi connectivity index (χ0v) is 10.5. The number of rotatable bonds is 5. The predicted octanol–water partition coefficient (Wildman–Crippen LogP) is 2.51. The molecule has 1 atom stereocenters. The topological polar surface area (TPSA) is 27.0 Å². The third-order valence-electron chi connectivity index (χ3n) is 2.88. The van der Waals surface area contributed by atoms with Crippen LogP contribution in [0.1, 0.15) is 25.0 Å². The molecule has 2 heterocycles. The summed E-state index contributed by atoms with van der Waals surface area (Å²) in [6, 6.07) is 6.78. The minimum absolute atomic E-state index is 0.627. The summed E-state index contributed by atoms with van der Waals surface area (Å²) in [4.78, 5) is 4.34. The van der Waals surface area contributed by atoms with Gasteiger partial charge in [-0.3, -0.25) is 4.98 Å². The maximum atomic E-state index is 4.64. The fourth-order valence-electron chi connectivity index (χ4n) is 1.98. The van der Waals surface area contributed by atoms with E-state index >= 15 is 0 Å². The lowest BCUT2D eigenvalue weighted by Crippen LogP contribution is -2.31. The van der Waals surface area contributed by atoms with Gasteiger partial charge in [0.2, 0.25) is 0 Å². The second kappa shape index (κ2) is 6.92. The maximum Gasteiger partial charge on any atom is 0.0403 e. The van der Waals surface area contributed by atoms with Gasteiger partial charge in [-0.2, -0.15) is 11.8 Å². The molecule has 0 amide bonds. The Morgan fingerprint density at radius 2 is 2.31 bits per heavy atom. The van der Waals surface area contributed by atoms with E-state index in [-0.39, 0.29) is 0 Å². The van der Waals surface area contributed by atoms with Gasteiger partial charge in [0, 0.05) is 36.0 Å². The van der Waals surface area contributed by atoms with Crippen LogP contribution in [-0.2, 0) is 6.42 Å². The Morgan fingerprint density at radius 1 is 1.31 bits per heavy atom. The first-order valence-corrected chi connectivity index (χ1v) is 7.25. The van der Waals surface area contributed by atoms with Crippen molar-refractivity contribution in [3.63, 3.8) is 0 Å². The van der Waals surface area contributed by atoms with Crippen molar-refractivity contribution in [1.29, 1.82) is 0 Å². The Bertz CT molecular complexity index is 283.